The second-order valence-electron chi connectivity index (χ2n) is 4.44. The van der Waals surface area contributed by atoms with Gasteiger partial charge in [-0.25, -0.2) is 8.42 Å². The molecule has 0 aromatic carbocycles. The number of nitrogens with two attached hydrogens (primary N) is 1. The number of hydrogen-bond donors (Lipinski definition) is 1. The van der Waals surface area contributed by atoms with E-state index in [4.69, 9.17) is 5.73 Å². The van der Waals surface area contributed by atoms with Crippen LogP contribution < -0.4 is 5.73 Å². The van der Waals surface area contributed by atoms with Gasteiger partial charge in [-0.15, -0.1) is 6.58 Å². The fourth-order valence-electron chi connectivity index (χ4n) is 1.77. The van der Waals surface area contributed by atoms with Gasteiger partial charge in [-0.1, -0.05) is 6.08 Å². The van der Waals surface area contributed by atoms with Crippen molar-refractivity contribution in [2.24, 2.45) is 12.8 Å². The summed E-state index contributed by atoms with van der Waals surface area (Å²) < 4.78 is 28.1. The van der Waals surface area contributed by atoms with Gasteiger partial charge in [-0.2, -0.15) is 4.31 Å². The average Bonchev–Trinajstić information content (AvgIpc) is 2.67. The summed E-state index contributed by atoms with van der Waals surface area (Å²) in [5.41, 5.74) is 6.34. The number of rotatable bonds is 6. The monoisotopic (exact) mass is 271 g/mol. The summed E-state index contributed by atoms with van der Waals surface area (Å²) >= 11 is 0. The number of sulfonamides is 1. The maximum absolute atomic E-state index is 12.5. The number of aromatic nitrogens is 1. The van der Waals surface area contributed by atoms with E-state index in [0.29, 0.717) is 13.1 Å². The van der Waals surface area contributed by atoms with Crippen molar-refractivity contribution in [1.29, 1.82) is 0 Å². The van der Waals surface area contributed by atoms with Gasteiger partial charge in [0.1, 0.15) is 4.90 Å². The zero-order chi connectivity index (χ0) is 13.9. The Balaban J connectivity index is 3.21. The first kappa shape index (κ1) is 14.9. The van der Waals surface area contributed by atoms with Crippen LogP contribution in [0.25, 0.3) is 0 Å². The first-order chi connectivity index (χ1) is 8.34. The number of nitrogens with zero attached hydrogens (tertiary/aromatic N) is 2. The molecule has 0 atom stereocenters. The van der Waals surface area contributed by atoms with E-state index in [1.807, 2.05) is 13.8 Å². The van der Waals surface area contributed by atoms with E-state index in [0.717, 1.165) is 5.69 Å². The SMILES string of the molecule is C=CCN(C(C)C)S(=O)(=O)c1cc(CN)n(C)c1. The maximum atomic E-state index is 12.5. The zero-order valence-electron chi connectivity index (χ0n) is 11.1. The molecule has 1 heterocycles. The van der Waals surface area contributed by atoms with Gasteiger partial charge < -0.3 is 10.3 Å². The van der Waals surface area contributed by atoms with E-state index in [2.05, 4.69) is 6.58 Å². The lowest BCUT2D eigenvalue weighted by atomic mass is 10.4. The summed E-state index contributed by atoms with van der Waals surface area (Å²) in [5.74, 6) is 0. The Morgan fingerprint density at radius 1 is 1.56 bits per heavy atom. The minimum atomic E-state index is -3.49. The Labute approximate surface area is 109 Å². The Kier molecular flexibility index (Phi) is 4.72. The molecule has 0 spiro atoms. The van der Waals surface area contributed by atoms with Crippen molar-refractivity contribution in [2.75, 3.05) is 6.54 Å². The van der Waals surface area contributed by atoms with E-state index in [-0.39, 0.29) is 10.9 Å². The van der Waals surface area contributed by atoms with Crippen LogP contribution in [0.1, 0.15) is 19.5 Å². The number of hydrogen-bond acceptors (Lipinski definition) is 3. The molecule has 0 radical (unpaired) electrons. The van der Waals surface area contributed by atoms with Crippen LogP contribution in [0.2, 0.25) is 0 Å². The average molecular weight is 271 g/mol. The van der Waals surface area contributed by atoms with Gasteiger partial charge in [0.15, 0.2) is 0 Å². The molecule has 1 aromatic heterocycles. The summed E-state index contributed by atoms with van der Waals surface area (Å²) in [5, 5.41) is 0. The standard InChI is InChI=1S/C12H21N3O2S/c1-5-6-15(10(2)3)18(16,17)12-7-11(8-13)14(4)9-12/h5,7,9-10H,1,6,8,13H2,2-4H3. The third-order valence-corrected chi connectivity index (χ3v) is 4.79. The smallest absolute Gasteiger partial charge is 0.245 e. The molecule has 6 heteroatoms. The molecule has 5 nitrogen and oxygen atoms in total. The highest BCUT2D eigenvalue weighted by Gasteiger charge is 2.27. The van der Waals surface area contributed by atoms with Gasteiger partial charge in [-0.05, 0) is 19.9 Å². The molecule has 1 rings (SSSR count). The molecule has 0 aliphatic heterocycles. The van der Waals surface area contributed by atoms with Crippen molar-refractivity contribution in [2.45, 2.75) is 31.3 Å². The molecule has 102 valence electrons. The first-order valence-corrected chi connectivity index (χ1v) is 7.26. The van der Waals surface area contributed by atoms with Gasteiger partial charge in [-0.3, -0.25) is 0 Å². The molecule has 0 saturated carbocycles. The highest BCUT2D eigenvalue weighted by molar-refractivity contribution is 7.89. The first-order valence-electron chi connectivity index (χ1n) is 5.82. The lowest BCUT2D eigenvalue weighted by molar-refractivity contribution is 0.383. The van der Waals surface area contributed by atoms with Crippen molar-refractivity contribution >= 4 is 10.0 Å². The van der Waals surface area contributed by atoms with Gasteiger partial charge in [0.2, 0.25) is 10.0 Å². The molecule has 1 aromatic rings. The predicted molar refractivity (Wildman–Crippen MR) is 72.5 cm³/mol. The molecule has 0 fully saturated rings. The molecule has 0 saturated heterocycles. The lowest BCUT2D eigenvalue weighted by Gasteiger charge is -2.23. The Morgan fingerprint density at radius 3 is 2.56 bits per heavy atom. The minimum Gasteiger partial charge on any atom is -0.352 e. The summed E-state index contributed by atoms with van der Waals surface area (Å²) in [6.07, 6.45) is 3.18. The molecule has 2 N–H and O–H groups in total. The van der Waals surface area contributed by atoms with Crippen LogP contribution in [0, 0.1) is 0 Å². The van der Waals surface area contributed by atoms with Crippen molar-refractivity contribution in [1.82, 2.24) is 8.87 Å². The van der Waals surface area contributed by atoms with E-state index in [9.17, 15) is 8.42 Å². The van der Waals surface area contributed by atoms with Gasteiger partial charge in [0, 0.05) is 38.1 Å². The fourth-order valence-corrected chi connectivity index (χ4v) is 3.47. The number of aryl methyl sites for hydroxylation is 1. The molecule has 18 heavy (non-hydrogen) atoms. The second kappa shape index (κ2) is 5.69. The summed E-state index contributed by atoms with van der Waals surface area (Å²) in [4.78, 5) is 0.279. The predicted octanol–water partition coefficient (Wildman–Crippen LogP) is 1.07. The van der Waals surface area contributed by atoms with Gasteiger partial charge in [0.25, 0.3) is 0 Å². The third-order valence-electron chi connectivity index (χ3n) is 2.78. The topological polar surface area (TPSA) is 68.3 Å². The van der Waals surface area contributed by atoms with Crippen LogP contribution in [-0.4, -0.2) is 29.9 Å². The molecular formula is C12H21N3O2S. The molecule has 0 aliphatic rings. The highest BCUT2D eigenvalue weighted by atomic mass is 32.2. The quantitative estimate of drug-likeness (QED) is 0.787. The summed E-state index contributed by atoms with van der Waals surface area (Å²) in [6.45, 7) is 7.89. The third kappa shape index (κ3) is 2.82. The molecule has 0 aliphatic carbocycles. The summed E-state index contributed by atoms with van der Waals surface area (Å²) in [6, 6.07) is 1.50. The fraction of sp³-hybridized carbons (Fsp3) is 0.500. The van der Waals surface area contributed by atoms with Crippen LogP contribution in [0.5, 0.6) is 0 Å². The summed E-state index contributed by atoms with van der Waals surface area (Å²) in [7, 11) is -1.70. The van der Waals surface area contributed by atoms with Crippen LogP contribution in [0.15, 0.2) is 29.8 Å². The maximum Gasteiger partial charge on any atom is 0.245 e. The van der Waals surface area contributed by atoms with Crippen LogP contribution in [0.4, 0.5) is 0 Å². The van der Waals surface area contributed by atoms with E-state index < -0.39 is 10.0 Å². The zero-order valence-corrected chi connectivity index (χ0v) is 11.9. The van der Waals surface area contributed by atoms with Crippen molar-refractivity contribution in [3.05, 3.63) is 30.6 Å². The molecule has 0 unspecified atom stereocenters. The minimum absolute atomic E-state index is 0.116. The normalized spacial score (nSPS) is 12.3. The van der Waals surface area contributed by atoms with Crippen LogP contribution in [0.3, 0.4) is 0 Å². The van der Waals surface area contributed by atoms with Gasteiger partial charge >= 0.3 is 0 Å². The van der Waals surface area contributed by atoms with E-state index in [1.165, 1.54) is 4.31 Å². The van der Waals surface area contributed by atoms with Gasteiger partial charge in [0.05, 0.1) is 0 Å². The lowest BCUT2D eigenvalue weighted by Crippen LogP contribution is -2.36. The van der Waals surface area contributed by atoms with Crippen molar-refractivity contribution < 1.29 is 8.42 Å². The van der Waals surface area contributed by atoms with Crippen LogP contribution >= 0.6 is 0 Å². The van der Waals surface area contributed by atoms with Crippen LogP contribution in [-0.2, 0) is 23.6 Å². The Morgan fingerprint density at radius 2 is 2.17 bits per heavy atom. The largest absolute Gasteiger partial charge is 0.352 e. The molecular weight excluding hydrogens is 250 g/mol. The Bertz CT molecular complexity index is 517. The second-order valence-corrected chi connectivity index (χ2v) is 6.33. The molecule has 0 amide bonds. The highest BCUT2D eigenvalue weighted by Crippen LogP contribution is 2.20. The molecule has 0 bridgehead atoms. The van der Waals surface area contributed by atoms with Crippen molar-refractivity contribution in [3.63, 3.8) is 0 Å². The Hall–Kier alpha value is -1.11. The van der Waals surface area contributed by atoms with Crippen molar-refractivity contribution in [3.8, 4) is 0 Å². The van der Waals surface area contributed by atoms with E-state index >= 15 is 0 Å². The van der Waals surface area contributed by atoms with E-state index in [1.54, 1.807) is 30.0 Å².